The second kappa shape index (κ2) is 9.32. The van der Waals surface area contributed by atoms with E-state index in [-0.39, 0.29) is 18.1 Å². The predicted molar refractivity (Wildman–Crippen MR) is 111 cm³/mol. The number of benzene rings is 2. The van der Waals surface area contributed by atoms with Crippen molar-refractivity contribution in [3.63, 3.8) is 0 Å². The van der Waals surface area contributed by atoms with Crippen molar-refractivity contribution in [1.29, 1.82) is 0 Å². The standard InChI is InChI=1S/C20H16ClNO4S2/c1-2-26-18(23)12-22-19(24)17(28-20(22)25)11-13-5-3-4-6-16(13)27-15-9-7-14(21)8-10-15/h3-11H,2,12H2,1H3/b17-11-. The number of rotatable bonds is 6. The summed E-state index contributed by atoms with van der Waals surface area (Å²) in [4.78, 5) is 39.4. The van der Waals surface area contributed by atoms with Gasteiger partial charge in [-0.1, -0.05) is 41.6 Å². The second-order valence-corrected chi connectivity index (χ2v) is 8.21. The van der Waals surface area contributed by atoms with Crippen LogP contribution in [0.2, 0.25) is 5.02 Å². The van der Waals surface area contributed by atoms with Gasteiger partial charge in [0.15, 0.2) is 0 Å². The number of ether oxygens (including phenoxy) is 1. The second-order valence-electron chi connectivity index (χ2n) is 5.67. The first-order chi connectivity index (χ1) is 13.5. The Morgan fingerprint density at radius 1 is 1.18 bits per heavy atom. The fraction of sp³-hybridized carbons (Fsp3) is 0.150. The Morgan fingerprint density at radius 3 is 2.61 bits per heavy atom. The zero-order valence-corrected chi connectivity index (χ0v) is 17.3. The van der Waals surface area contributed by atoms with Gasteiger partial charge in [-0.25, -0.2) is 0 Å². The van der Waals surface area contributed by atoms with Gasteiger partial charge in [-0.3, -0.25) is 19.3 Å². The normalized spacial score (nSPS) is 15.4. The van der Waals surface area contributed by atoms with E-state index in [0.717, 1.165) is 32.0 Å². The van der Waals surface area contributed by atoms with E-state index in [4.69, 9.17) is 16.3 Å². The maximum absolute atomic E-state index is 12.6. The number of nitrogens with zero attached hydrogens (tertiary/aromatic N) is 1. The maximum Gasteiger partial charge on any atom is 0.326 e. The quantitative estimate of drug-likeness (QED) is 0.467. The van der Waals surface area contributed by atoms with Crippen LogP contribution in [0.15, 0.2) is 63.2 Å². The van der Waals surface area contributed by atoms with Crippen molar-refractivity contribution < 1.29 is 19.1 Å². The van der Waals surface area contributed by atoms with Crippen molar-refractivity contribution >= 4 is 58.3 Å². The molecule has 1 aliphatic heterocycles. The smallest absolute Gasteiger partial charge is 0.326 e. The molecule has 0 saturated carbocycles. The number of amides is 2. The molecule has 2 aromatic rings. The first-order valence-electron chi connectivity index (χ1n) is 8.41. The third kappa shape index (κ3) is 4.98. The van der Waals surface area contributed by atoms with E-state index in [1.807, 2.05) is 48.5 Å². The summed E-state index contributed by atoms with van der Waals surface area (Å²) in [6, 6.07) is 15.0. The number of esters is 1. The summed E-state index contributed by atoms with van der Waals surface area (Å²) in [7, 11) is 0. The summed E-state index contributed by atoms with van der Waals surface area (Å²) in [6.07, 6.45) is 1.67. The zero-order chi connectivity index (χ0) is 20.1. The molecular formula is C20H16ClNO4S2. The van der Waals surface area contributed by atoms with Crippen molar-refractivity contribution in [3.8, 4) is 0 Å². The molecule has 1 heterocycles. The van der Waals surface area contributed by atoms with Crippen LogP contribution in [-0.4, -0.2) is 35.2 Å². The van der Waals surface area contributed by atoms with Gasteiger partial charge in [0.05, 0.1) is 11.5 Å². The molecule has 2 aromatic carbocycles. The lowest BCUT2D eigenvalue weighted by Crippen LogP contribution is -2.34. The molecule has 2 amide bonds. The van der Waals surface area contributed by atoms with Crippen LogP contribution in [0, 0.1) is 0 Å². The van der Waals surface area contributed by atoms with Gasteiger partial charge < -0.3 is 4.74 Å². The number of carbonyl (C=O) groups is 3. The zero-order valence-electron chi connectivity index (χ0n) is 14.9. The average Bonchev–Trinajstić information content (AvgIpc) is 2.93. The third-order valence-electron chi connectivity index (χ3n) is 3.71. The highest BCUT2D eigenvalue weighted by atomic mass is 35.5. The Labute approximate surface area is 176 Å². The Bertz CT molecular complexity index is 943. The van der Waals surface area contributed by atoms with Crippen molar-refractivity contribution in [2.45, 2.75) is 16.7 Å². The Hall–Kier alpha value is -2.22. The van der Waals surface area contributed by atoms with Crippen LogP contribution in [0.5, 0.6) is 0 Å². The summed E-state index contributed by atoms with van der Waals surface area (Å²) < 4.78 is 4.82. The van der Waals surface area contributed by atoms with Gasteiger partial charge in [0, 0.05) is 14.8 Å². The molecule has 0 radical (unpaired) electrons. The Balaban J connectivity index is 1.82. The van der Waals surface area contributed by atoms with Crippen LogP contribution in [-0.2, 0) is 14.3 Å². The molecule has 0 unspecified atom stereocenters. The molecule has 8 heteroatoms. The number of thioether (sulfide) groups is 1. The van der Waals surface area contributed by atoms with Gasteiger partial charge in [0.2, 0.25) is 0 Å². The van der Waals surface area contributed by atoms with E-state index in [1.54, 1.807) is 13.0 Å². The van der Waals surface area contributed by atoms with Gasteiger partial charge >= 0.3 is 5.97 Å². The van der Waals surface area contributed by atoms with Crippen molar-refractivity contribution in [3.05, 3.63) is 64.0 Å². The van der Waals surface area contributed by atoms with Crippen LogP contribution in [0.25, 0.3) is 6.08 Å². The fourth-order valence-corrected chi connectivity index (χ4v) is 4.31. The van der Waals surface area contributed by atoms with Crippen molar-refractivity contribution in [1.82, 2.24) is 4.90 Å². The Kier molecular flexibility index (Phi) is 6.83. The SMILES string of the molecule is CCOC(=O)CN1C(=O)S/C(=C\c2ccccc2Sc2ccc(Cl)cc2)C1=O. The first-order valence-corrected chi connectivity index (χ1v) is 10.4. The molecule has 0 aromatic heterocycles. The molecule has 0 N–H and O–H groups in total. The van der Waals surface area contributed by atoms with Gasteiger partial charge in [0.25, 0.3) is 11.1 Å². The highest BCUT2D eigenvalue weighted by Gasteiger charge is 2.36. The van der Waals surface area contributed by atoms with Gasteiger partial charge in [-0.05, 0) is 60.7 Å². The monoisotopic (exact) mass is 433 g/mol. The highest BCUT2D eigenvalue weighted by Crippen LogP contribution is 2.36. The molecule has 3 rings (SSSR count). The van der Waals surface area contributed by atoms with Crippen LogP contribution >= 0.6 is 35.1 Å². The van der Waals surface area contributed by atoms with Gasteiger partial charge in [0.1, 0.15) is 6.54 Å². The molecule has 0 atom stereocenters. The van der Waals surface area contributed by atoms with Crippen molar-refractivity contribution in [2.24, 2.45) is 0 Å². The lowest BCUT2D eigenvalue weighted by atomic mass is 10.2. The lowest BCUT2D eigenvalue weighted by molar-refractivity contribution is -0.145. The minimum absolute atomic E-state index is 0.195. The molecule has 28 heavy (non-hydrogen) atoms. The van der Waals surface area contributed by atoms with Crippen molar-refractivity contribution in [2.75, 3.05) is 13.2 Å². The van der Waals surface area contributed by atoms with E-state index >= 15 is 0 Å². The Morgan fingerprint density at radius 2 is 1.89 bits per heavy atom. The van der Waals surface area contributed by atoms with E-state index in [0.29, 0.717) is 5.02 Å². The summed E-state index contributed by atoms with van der Waals surface area (Å²) in [5, 5.41) is 0.181. The summed E-state index contributed by atoms with van der Waals surface area (Å²) >= 11 is 8.28. The van der Waals surface area contributed by atoms with E-state index in [1.165, 1.54) is 11.8 Å². The molecule has 1 aliphatic rings. The molecular weight excluding hydrogens is 418 g/mol. The minimum Gasteiger partial charge on any atom is -0.465 e. The molecule has 5 nitrogen and oxygen atoms in total. The fourth-order valence-electron chi connectivity index (χ4n) is 2.44. The molecule has 0 aliphatic carbocycles. The molecule has 1 fully saturated rings. The molecule has 0 spiro atoms. The number of carbonyl (C=O) groups excluding carboxylic acids is 3. The summed E-state index contributed by atoms with van der Waals surface area (Å²) in [5.41, 5.74) is 0.809. The number of hydrogen-bond donors (Lipinski definition) is 0. The van der Waals surface area contributed by atoms with E-state index < -0.39 is 17.1 Å². The largest absolute Gasteiger partial charge is 0.465 e. The van der Waals surface area contributed by atoms with Crippen LogP contribution < -0.4 is 0 Å². The topological polar surface area (TPSA) is 63.7 Å². The number of hydrogen-bond acceptors (Lipinski definition) is 6. The molecule has 144 valence electrons. The van der Waals surface area contributed by atoms with Gasteiger partial charge in [-0.15, -0.1) is 0 Å². The minimum atomic E-state index is -0.607. The van der Waals surface area contributed by atoms with Crippen LogP contribution in [0.1, 0.15) is 12.5 Å². The highest BCUT2D eigenvalue weighted by molar-refractivity contribution is 8.18. The summed E-state index contributed by atoms with van der Waals surface area (Å²) in [6.45, 7) is 1.48. The first kappa shape index (κ1) is 20.5. The average molecular weight is 434 g/mol. The van der Waals surface area contributed by atoms with Crippen LogP contribution in [0.4, 0.5) is 4.79 Å². The van der Waals surface area contributed by atoms with E-state index in [2.05, 4.69) is 0 Å². The lowest BCUT2D eigenvalue weighted by Gasteiger charge is -2.11. The number of imide groups is 1. The van der Waals surface area contributed by atoms with Gasteiger partial charge in [-0.2, -0.15) is 0 Å². The number of halogens is 1. The predicted octanol–water partition coefficient (Wildman–Crippen LogP) is 5.09. The molecule has 0 bridgehead atoms. The van der Waals surface area contributed by atoms with E-state index in [9.17, 15) is 14.4 Å². The molecule has 1 saturated heterocycles. The maximum atomic E-state index is 12.6. The third-order valence-corrected chi connectivity index (χ3v) is 5.97. The summed E-state index contributed by atoms with van der Waals surface area (Å²) in [5.74, 6) is -1.10. The van der Waals surface area contributed by atoms with Crippen LogP contribution in [0.3, 0.4) is 0 Å².